The summed E-state index contributed by atoms with van der Waals surface area (Å²) in [5.41, 5.74) is 9.19. The lowest BCUT2D eigenvalue weighted by Gasteiger charge is -2.00. The van der Waals surface area contributed by atoms with Crippen LogP contribution in [-0.4, -0.2) is 4.98 Å². The molecule has 2 aromatic rings. The minimum Gasteiger partial charge on any atom is -0.375 e. The molecular formula is C11H11BrN2S. The predicted octanol–water partition coefficient (Wildman–Crippen LogP) is 3.39. The smallest absolute Gasteiger partial charge is 0.181 e. The number of nitrogens with two attached hydrogens (primary N) is 1. The fraction of sp³-hybridized carbons (Fsp3) is 0.182. The fourth-order valence-electron chi connectivity index (χ4n) is 1.47. The van der Waals surface area contributed by atoms with E-state index in [0.717, 1.165) is 15.9 Å². The first-order valence-corrected chi connectivity index (χ1v) is 6.22. The molecule has 0 saturated heterocycles. The van der Waals surface area contributed by atoms with Gasteiger partial charge in [0, 0.05) is 6.42 Å². The van der Waals surface area contributed by atoms with Crippen molar-refractivity contribution in [2.24, 2.45) is 0 Å². The number of anilines is 1. The van der Waals surface area contributed by atoms with Gasteiger partial charge >= 0.3 is 0 Å². The van der Waals surface area contributed by atoms with Crippen molar-refractivity contribution in [1.29, 1.82) is 0 Å². The average molecular weight is 283 g/mol. The van der Waals surface area contributed by atoms with Gasteiger partial charge in [0.25, 0.3) is 0 Å². The summed E-state index contributed by atoms with van der Waals surface area (Å²) < 4.78 is 1.03. The molecule has 0 aliphatic carbocycles. The molecule has 78 valence electrons. The monoisotopic (exact) mass is 282 g/mol. The zero-order valence-electron chi connectivity index (χ0n) is 8.33. The first kappa shape index (κ1) is 10.6. The van der Waals surface area contributed by atoms with Gasteiger partial charge in [-0.15, -0.1) is 0 Å². The number of benzene rings is 1. The molecule has 0 saturated carbocycles. The van der Waals surface area contributed by atoms with Crippen LogP contribution in [0.4, 0.5) is 5.13 Å². The summed E-state index contributed by atoms with van der Waals surface area (Å²) in [5, 5.41) is 0.615. The third-order valence-electron chi connectivity index (χ3n) is 2.12. The van der Waals surface area contributed by atoms with E-state index >= 15 is 0 Å². The second-order valence-corrected chi connectivity index (χ2v) is 5.79. The van der Waals surface area contributed by atoms with Crippen molar-refractivity contribution < 1.29 is 0 Å². The molecule has 0 atom stereocenters. The summed E-state index contributed by atoms with van der Waals surface area (Å²) in [5.74, 6) is 0. The highest BCUT2D eigenvalue weighted by atomic mass is 79.9. The molecule has 0 aliphatic rings. The SMILES string of the molecule is Cc1cccc(Cc2nc(N)sc2Br)c1. The van der Waals surface area contributed by atoms with Gasteiger partial charge in [-0.05, 0) is 28.4 Å². The number of nitrogens with zero attached hydrogens (tertiary/aromatic N) is 1. The molecular weight excluding hydrogens is 272 g/mol. The Bertz CT molecular complexity index is 479. The van der Waals surface area contributed by atoms with E-state index in [4.69, 9.17) is 5.73 Å². The lowest BCUT2D eigenvalue weighted by molar-refractivity contribution is 1.10. The van der Waals surface area contributed by atoms with Crippen LogP contribution in [0.5, 0.6) is 0 Å². The molecule has 0 aliphatic heterocycles. The zero-order valence-corrected chi connectivity index (χ0v) is 10.7. The number of halogens is 1. The molecule has 0 bridgehead atoms. The van der Waals surface area contributed by atoms with Gasteiger partial charge in [-0.2, -0.15) is 0 Å². The Hall–Kier alpha value is -0.870. The first-order valence-electron chi connectivity index (χ1n) is 4.61. The molecule has 2 nitrogen and oxygen atoms in total. The number of thiazole rings is 1. The number of nitrogen functional groups attached to an aromatic ring is 1. The van der Waals surface area contributed by atoms with Crippen LogP contribution in [0.15, 0.2) is 28.1 Å². The molecule has 1 heterocycles. The maximum absolute atomic E-state index is 5.64. The van der Waals surface area contributed by atoms with Gasteiger partial charge in [0.2, 0.25) is 0 Å². The number of hydrogen-bond acceptors (Lipinski definition) is 3. The second-order valence-electron chi connectivity index (χ2n) is 3.44. The minimum absolute atomic E-state index is 0.615. The average Bonchev–Trinajstić information content (AvgIpc) is 2.45. The molecule has 1 aromatic heterocycles. The van der Waals surface area contributed by atoms with E-state index in [2.05, 4.69) is 52.1 Å². The van der Waals surface area contributed by atoms with Gasteiger partial charge in [0.15, 0.2) is 5.13 Å². The number of hydrogen-bond donors (Lipinski definition) is 1. The van der Waals surface area contributed by atoms with Crippen molar-refractivity contribution in [1.82, 2.24) is 4.98 Å². The summed E-state index contributed by atoms with van der Waals surface area (Å²) in [7, 11) is 0. The molecule has 4 heteroatoms. The Labute approximate surface area is 101 Å². The van der Waals surface area contributed by atoms with Crippen molar-refractivity contribution >= 4 is 32.4 Å². The summed E-state index contributed by atoms with van der Waals surface area (Å²) >= 11 is 4.95. The molecule has 0 spiro atoms. The number of aryl methyl sites for hydroxylation is 1. The lowest BCUT2D eigenvalue weighted by Crippen LogP contribution is -1.91. The summed E-state index contributed by atoms with van der Waals surface area (Å²) in [6.07, 6.45) is 0.829. The summed E-state index contributed by atoms with van der Waals surface area (Å²) in [4.78, 5) is 4.28. The lowest BCUT2D eigenvalue weighted by atomic mass is 10.1. The first-order chi connectivity index (χ1) is 7.15. The fourth-order valence-corrected chi connectivity index (χ4v) is 2.78. The van der Waals surface area contributed by atoms with Gasteiger partial charge in [0.05, 0.1) is 9.48 Å². The second kappa shape index (κ2) is 4.33. The van der Waals surface area contributed by atoms with Crippen LogP contribution in [0.25, 0.3) is 0 Å². The van der Waals surface area contributed by atoms with Gasteiger partial charge in [-0.1, -0.05) is 41.2 Å². The third kappa shape index (κ3) is 2.58. The molecule has 1 aromatic carbocycles. The quantitative estimate of drug-likeness (QED) is 0.917. The van der Waals surface area contributed by atoms with Crippen LogP contribution in [0.1, 0.15) is 16.8 Å². The van der Waals surface area contributed by atoms with Crippen LogP contribution >= 0.6 is 27.3 Å². The molecule has 0 fully saturated rings. The van der Waals surface area contributed by atoms with Gasteiger partial charge in [-0.25, -0.2) is 4.98 Å². The topological polar surface area (TPSA) is 38.9 Å². The summed E-state index contributed by atoms with van der Waals surface area (Å²) in [6, 6.07) is 8.43. The predicted molar refractivity (Wildman–Crippen MR) is 68.2 cm³/mol. The van der Waals surface area contributed by atoms with Crippen LogP contribution < -0.4 is 5.73 Å². The highest BCUT2D eigenvalue weighted by Crippen LogP contribution is 2.28. The van der Waals surface area contributed by atoms with E-state index in [9.17, 15) is 0 Å². The Morgan fingerprint density at radius 3 is 2.87 bits per heavy atom. The Balaban J connectivity index is 2.25. The largest absolute Gasteiger partial charge is 0.375 e. The van der Waals surface area contributed by atoms with Crippen molar-refractivity contribution in [2.45, 2.75) is 13.3 Å². The van der Waals surface area contributed by atoms with Crippen molar-refractivity contribution in [3.05, 3.63) is 44.9 Å². The van der Waals surface area contributed by atoms with Gasteiger partial charge in [-0.3, -0.25) is 0 Å². The normalized spacial score (nSPS) is 10.5. The van der Waals surface area contributed by atoms with E-state index in [1.54, 1.807) is 0 Å². The number of rotatable bonds is 2. The van der Waals surface area contributed by atoms with E-state index in [1.165, 1.54) is 22.5 Å². The molecule has 0 unspecified atom stereocenters. The van der Waals surface area contributed by atoms with Crippen molar-refractivity contribution in [2.75, 3.05) is 5.73 Å². The molecule has 2 N–H and O–H groups in total. The highest BCUT2D eigenvalue weighted by molar-refractivity contribution is 9.11. The van der Waals surface area contributed by atoms with Gasteiger partial charge < -0.3 is 5.73 Å². The highest BCUT2D eigenvalue weighted by Gasteiger charge is 2.07. The van der Waals surface area contributed by atoms with E-state index in [0.29, 0.717) is 5.13 Å². The van der Waals surface area contributed by atoms with Crippen LogP contribution in [0, 0.1) is 6.92 Å². The van der Waals surface area contributed by atoms with E-state index in [-0.39, 0.29) is 0 Å². The van der Waals surface area contributed by atoms with Crippen molar-refractivity contribution in [3.8, 4) is 0 Å². The van der Waals surface area contributed by atoms with Crippen molar-refractivity contribution in [3.63, 3.8) is 0 Å². The Morgan fingerprint density at radius 1 is 1.47 bits per heavy atom. The van der Waals surface area contributed by atoms with E-state index in [1.807, 2.05) is 0 Å². The van der Waals surface area contributed by atoms with Gasteiger partial charge in [0.1, 0.15) is 0 Å². The standard InChI is InChI=1S/C11H11BrN2S/c1-7-3-2-4-8(5-7)6-9-10(12)15-11(13)14-9/h2-5H,6H2,1H3,(H2,13,14). The van der Waals surface area contributed by atoms with E-state index < -0.39 is 0 Å². The van der Waals surface area contributed by atoms with Crippen LogP contribution in [0.2, 0.25) is 0 Å². The minimum atomic E-state index is 0.615. The molecule has 15 heavy (non-hydrogen) atoms. The Kier molecular flexibility index (Phi) is 3.07. The maximum Gasteiger partial charge on any atom is 0.181 e. The number of aromatic nitrogens is 1. The molecule has 0 amide bonds. The Morgan fingerprint density at radius 2 is 2.27 bits per heavy atom. The summed E-state index contributed by atoms with van der Waals surface area (Å²) in [6.45, 7) is 2.09. The van der Waals surface area contributed by atoms with Crippen LogP contribution in [0.3, 0.4) is 0 Å². The zero-order chi connectivity index (χ0) is 10.8. The molecule has 2 rings (SSSR count). The molecule has 0 radical (unpaired) electrons. The maximum atomic E-state index is 5.64. The van der Waals surface area contributed by atoms with Crippen LogP contribution in [-0.2, 0) is 6.42 Å². The third-order valence-corrected chi connectivity index (χ3v) is 3.78.